The smallest absolute Gasteiger partial charge is 0.258 e. The Morgan fingerprint density at radius 2 is 1.96 bits per heavy atom. The van der Waals surface area contributed by atoms with Crippen LogP contribution in [0.15, 0.2) is 41.8 Å². The van der Waals surface area contributed by atoms with Gasteiger partial charge in [0.2, 0.25) is 0 Å². The van der Waals surface area contributed by atoms with Gasteiger partial charge in [0.1, 0.15) is 5.75 Å². The Bertz CT molecular complexity index is 712. The molecule has 0 spiro atoms. The minimum atomic E-state index is -0.220. The number of amides is 2. The van der Waals surface area contributed by atoms with Crippen LogP contribution in [0, 0.1) is 0 Å². The quantitative estimate of drug-likeness (QED) is 0.855. The van der Waals surface area contributed by atoms with Gasteiger partial charge in [-0.05, 0) is 23.6 Å². The summed E-state index contributed by atoms with van der Waals surface area (Å²) >= 11 is 1.59. The van der Waals surface area contributed by atoms with Crippen LogP contribution in [-0.4, -0.2) is 49.6 Å². The molecule has 3 rings (SSSR count). The van der Waals surface area contributed by atoms with Crippen LogP contribution in [0.2, 0.25) is 0 Å². The fourth-order valence-electron chi connectivity index (χ4n) is 2.50. The van der Waals surface area contributed by atoms with E-state index < -0.39 is 0 Å². The van der Waals surface area contributed by atoms with E-state index in [0.29, 0.717) is 44.2 Å². The van der Waals surface area contributed by atoms with Crippen LogP contribution in [-0.2, 0) is 16.1 Å². The first-order valence-corrected chi connectivity index (χ1v) is 9.00. The molecule has 0 atom stereocenters. The summed E-state index contributed by atoms with van der Waals surface area (Å²) in [5.74, 6) is 0.102. The maximum Gasteiger partial charge on any atom is 0.258 e. The van der Waals surface area contributed by atoms with E-state index in [1.54, 1.807) is 40.5 Å². The standard InChI is InChI=1S/C18H20N2O4S/c21-17(19-12-14-4-3-11-25-14)13-24-16-6-2-1-5-15(16)18(22)20-7-9-23-10-8-20/h1-6,11H,7-10,12-13H2,(H,19,21). The summed E-state index contributed by atoms with van der Waals surface area (Å²) in [5.41, 5.74) is 0.468. The Labute approximate surface area is 150 Å². The number of nitrogens with one attached hydrogen (secondary N) is 1. The molecule has 0 bridgehead atoms. The van der Waals surface area contributed by atoms with Crippen LogP contribution in [0.4, 0.5) is 0 Å². The average Bonchev–Trinajstić information content (AvgIpc) is 3.19. The van der Waals surface area contributed by atoms with E-state index in [4.69, 9.17) is 9.47 Å². The number of hydrogen-bond acceptors (Lipinski definition) is 5. The fourth-order valence-corrected chi connectivity index (χ4v) is 3.14. The Hall–Kier alpha value is -2.38. The van der Waals surface area contributed by atoms with Gasteiger partial charge in [-0.2, -0.15) is 0 Å². The molecule has 1 aliphatic heterocycles. The van der Waals surface area contributed by atoms with Crippen LogP contribution in [0.25, 0.3) is 0 Å². The average molecular weight is 360 g/mol. The first kappa shape index (κ1) is 17.4. The lowest BCUT2D eigenvalue weighted by Crippen LogP contribution is -2.40. The Morgan fingerprint density at radius 1 is 1.16 bits per heavy atom. The lowest BCUT2D eigenvalue weighted by Gasteiger charge is -2.27. The third-order valence-corrected chi connectivity index (χ3v) is 4.69. The molecule has 25 heavy (non-hydrogen) atoms. The highest BCUT2D eigenvalue weighted by Gasteiger charge is 2.21. The first-order chi connectivity index (χ1) is 12.2. The normalized spacial score (nSPS) is 14.2. The summed E-state index contributed by atoms with van der Waals surface area (Å²) < 4.78 is 10.9. The summed E-state index contributed by atoms with van der Waals surface area (Å²) in [6, 6.07) is 10.9. The van der Waals surface area contributed by atoms with Gasteiger partial charge in [-0.25, -0.2) is 0 Å². The van der Waals surface area contributed by atoms with Crippen molar-refractivity contribution < 1.29 is 19.1 Å². The fraction of sp³-hybridized carbons (Fsp3) is 0.333. The van der Waals surface area contributed by atoms with Gasteiger partial charge in [0, 0.05) is 18.0 Å². The lowest BCUT2D eigenvalue weighted by molar-refractivity contribution is -0.123. The third-order valence-electron chi connectivity index (χ3n) is 3.81. The van der Waals surface area contributed by atoms with Gasteiger partial charge >= 0.3 is 0 Å². The molecule has 1 aromatic carbocycles. The van der Waals surface area contributed by atoms with Crippen LogP contribution < -0.4 is 10.1 Å². The highest BCUT2D eigenvalue weighted by Crippen LogP contribution is 2.20. The van der Waals surface area contributed by atoms with Crippen molar-refractivity contribution in [1.82, 2.24) is 10.2 Å². The van der Waals surface area contributed by atoms with Gasteiger partial charge in [0.25, 0.3) is 11.8 Å². The topological polar surface area (TPSA) is 67.9 Å². The van der Waals surface area contributed by atoms with Crippen molar-refractivity contribution in [2.75, 3.05) is 32.9 Å². The van der Waals surface area contributed by atoms with Gasteiger partial charge in [0.15, 0.2) is 6.61 Å². The minimum absolute atomic E-state index is 0.0992. The van der Waals surface area contributed by atoms with E-state index in [-0.39, 0.29) is 18.4 Å². The molecule has 1 saturated heterocycles. The number of ether oxygens (including phenoxy) is 2. The molecule has 1 aliphatic rings. The largest absolute Gasteiger partial charge is 0.483 e. The van der Waals surface area contributed by atoms with E-state index in [9.17, 15) is 9.59 Å². The van der Waals surface area contributed by atoms with Crippen molar-refractivity contribution >= 4 is 23.2 Å². The number of rotatable bonds is 6. The van der Waals surface area contributed by atoms with Crippen LogP contribution in [0.3, 0.4) is 0 Å². The van der Waals surface area contributed by atoms with E-state index in [1.165, 1.54) is 0 Å². The Balaban J connectivity index is 1.56. The minimum Gasteiger partial charge on any atom is -0.483 e. The highest BCUT2D eigenvalue weighted by molar-refractivity contribution is 7.09. The summed E-state index contributed by atoms with van der Waals surface area (Å²) in [7, 11) is 0. The summed E-state index contributed by atoms with van der Waals surface area (Å²) in [6.07, 6.45) is 0. The van der Waals surface area contributed by atoms with Crippen LogP contribution >= 0.6 is 11.3 Å². The Kier molecular flexibility index (Phi) is 6.03. The molecule has 7 heteroatoms. The van der Waals surface area contributed by atoms with Gasteiger partial charge in [-0.15, -0.1) is 11.3 Å². The second-order valence-corrected chi connectivity index (χ2v) is 6.58. The molecular formula is C18H20N2O4S. The van der Waals surface area contributed by atoms with Gasteiger partial charge < -0.3 is 19.7 Å². The molecule has 2 heterocycles. The maximum absolute atomic E-state index is 12.6. The number of hydrogen-bond donors (Lipinski definition) is 1. The van der Waals surface area contributed by atoms with E-state index in [0.717, 1.165) is 4.88 Å². The number of morpholine rings is 1. The molecular weight excluding hydrogens is 340 g/mol. The van der Waals surface area contributed by atoms with Crippen molar-refractivity contribution in [2.45, 2.75) is 6.54 Å². The number of thiophene rings is 1. The molecule has 1 fully saturated rings. The van der Waals surface area contributed by atoms with Crippen molar-refractivity contribution in [3.63, 3.8) is 0 Å². The molecule has 0 unspecified atom stereocenters. The zero-order valence-corrected chi connectivity index (χ0v) is 14.6. The van der Waals surface area contributed by atoms with Gasteiger partial charge in [-0.3, -0.25) is 9.59 Å². The molecule has 2 aromatic rings. The van der Waals surface area contributed by atoms with Crippen LogP contribution in [0.1, 0.15) is 15.2 Å². The lowest BCUT2D eigenvalue weighted by atomic mass is 10.1. The van der Waals surface area contributed by atoms with Gasteiger partial charge in [-0.1, -0.05) is 18.2 Å². The van der Waals surface area contributed by atoms with Crippen molar-refractivity contribution in [1.29, 1.82) is 0 Å². The molecule has 6 nitrogen and oxygen atoms in total. The molecule has 2 amide bonds. The number of carbonyl (C=O) groups is 2. The van der Waals surface area contributed by atoms with Gasteiger partial charge in [0.05, 0.1) is 25.3 Å². The zero-order chi connectivity index (χ0) is 17.5. The van der Waals surface area contributed by atoms with E-state index >= 15 is 0 Å². The molecule has 0 saturated carbocycles. The molecule has 0 radical (unpaired) electrons. The Morgan fingerprint density at radius 3 is 2.72 bits per heavy atom. The molecule has 1 N–H and O–H groups in total. The highest BCUT2D eigenvalue weighted by atomic mass is 32.1. The number of nitrogens with zero attached hydrogens (tertiary/aromatic N) is 1. The second-order valence-electron chi connectivity index (χ2n) is 5.55. The molecule has 132 valence electrons. The zero-order valence-electron chi connectivity index (χ0n) is 13.8. The maximum atomic E-state index is 12.6. The van der Waals surface area contributed by atoms with Crippen molar-refractivity contribution in [3.05, 3.63) is 52.2 Å². The summed E-state index contributed by atoms with van der Waals surface area (Å²) in [4.78, 5) is 27.4. The van der Waals surface area contributed by atoms with Crippen molar-refractivity contribution in [2.24, 2.45) is 0 Å². The number of para-hydroxylation sites is 1. The first-order valence-electron chi connectivity index (χ1n) is 8.12. The monoisotopic (exact) mass is 360 g/mol. The van der Waals surface area contributed by atoms with E-state index in [2.05, 4.69) is 5.32 Å². The third kappa shape index (κ3) is 4.80. The predicted octanol–water partition coefficient (Wildman–Crippen LogP) is 1.92. The molecule has 0 aliphatic carbocycles. The predicted molar refractivity (Wildman–Crippen MR) is 94.8 cm³/mol. The summed E-state index contributed by atoms with van der Waals surface area (Å²) in [6.45, 7) is 2.57. The SMILES string of the molecule is O=C(COc1ccccc1C(=O)N1CCOCC1)NCc1cccs1. The number of benzene rings is 1. The van der Waals surface area contributed by atoms with Crippen LogP contribution in [0.5, 0.6) is 5.75 Å². The second kappa shape index (κ2) is 8.64. The number of carbonyl (C=O) groups excluding carboxylic acids is 2. The summed E-state index contributed by atoms with van der Waals surface area (Å²) in [5, 5.41) is 4.77. The molecule has 1 aromatic heterocycles. The van der Waals surface area contributed by atoms with Crippen molar-refractivity contribution in [3.8, 4) is 5.75 Å². The van der Waals surface area contributed by atoms with E-state index in [1.807, 2.05) is 17.5 Å².